The molecule has 0 bridgehead atoms. The second-order valence-corrected chi connectivity index (χ2v) is 6.32. The molecule has 24 heavy (non-hydrogen) atoms. The quantitative estimate of drug-likeness (QED) is 0.941. The number of phenols is 1. The van der Waals surface area contributed by atoms with Gasteiger partial charge in [0.1, 0.15) is 11.6 Å². The molecule has 1 atom stereocenters. The highest BCUT2D eigenvalue weighted by Crippen LogP contribution is 2.21. The Balaban J connectivity index is 1.65. The summed E-state index contributed by atoms with van der Waals surface area (Å²) in [7, 11) is 0. The SMILES string of the molecule is Cc1cccc(N2CCN(C(=O)Cc3ccccc3O)[C@@H](C)C2)n1. The summed E-state index contributed by atoms with van der Waals surface area (Å²) in [6, 6.07) is 13.1. The van der Waals surface area contributed by atoms with Gasteiger partial charge in [0, 0.05) is 36.9 Å². The first-order chi connectivity index (χ1) is 11.5. The molecule has 5 nitrogen and oxygen atoms in total. The summed E-state index contributed by atoms with van der Waals surface area (Å²) < 4.78 is 0. The van der Waals surface area contributed by atoms with Gasteiger partial charge in [0.25, 0.3) is 0 Å². The van der Waals surface area contributed by atoms with E-state index in [1.807, 2.05) is 36.1 Å². The van der Waals surface area contributed by atoms with Crippen LogP contribution < -0.4 is 4.90 Å². The molecule has 1 fully saturated rings. The van der Waals surface area contributed by atoms with Crippen molar-refractivity contribution in [2.75, 3.05) is 24.5 Å². The van der Waals surface area contributed by atoms with Crippen LogP contribution >= 0.6 is 0 Å². The number of hydrogen-bond acceptors (Lipinski definition) is 4. The summed E-state index contributed by atoms with van der Waals surface area (Å²) in [4.78, 5) is 21.3. The Kier molecular flexibility index (Phi) is 4.69. The Morgan fingerprint density at radius 3 is 2.71 bits per heavy atom. The topological polar surface area (TPSA) is 56.7 Å². The first kappa shape index (κ1) is 16.3. The summed E-state index contributed by atoms with van der Waals surface area (Å²) in [5, 5.41) is 9.85. The largest absolute Gasteiger partial charge is 0.508 e. The molecule has 0 saturated carbocycles. The molecule has 126 valence electrons. The molecule has 0 radical (unpaired) electrons. The van der Waals surface area contributed by atoms with Crippen molar-refractivity contribution in [2.24, 2.45) is 0 Å². The second-order valence-electron chi connectivity index (χ2n) is 6.32. The molecule has 1 aromatic heterocycles. The van der Waals surface area contributed by atoms with Gasteiger partial charge in [-0.15, -0.1) is 0 Å². The predicted molar refractivity (Wildman–Crippen MR) is 94.2 cm³/mol. The number of phenolic OH excluding ortho intramolecular Hbond substituents is 1. The summed E-state index contributed by atoms with van der Waals surface area (Å²) in [5.74, 6) is 1.21. The van der Waals surface area contributed by atoms with Gasteiger partial charge in [0.2, 0.25) is 5.91 Å². The number of anilines is 1. The predicted octanol–water partition coefficient (Wildman–Crippen LogP) is 2.38. The Labute approximate surface area is 142 Å². The van der Waals surface area contributed by atoms with Gasteiger partial charge in [-0.2, -0.15) is 0 Å². The van der Waals surface area contributed by atoms with Crippen molar-refractivity contribution in [2.45, 2.75) is 26.3 Å². The minimum absolute atomic E-state index is 0.0563. The highest BCUT2D eigenvalue weighted by Gasteiger charge is 2.28. The number of aromatic hydroxyl groups is 1. The summed E-state index contributed by atoms with van der Waals surface area (Å²) in [6.07, 6.45) is 0.236. The fourth-order valence-corrected chi connectivity index (χ4v) is 3.17. The van der Waals surface area contributed by atoms with Crippen LogP contribution in [-0.4, -0.2) is 46.6 Å². The number of carbonyl (C=O) groups is 1. The first-order valence-corrected chi connectivity index (χ1v) is 8.29. The fourth-order valence-electron chi connectivity index (χ4n) is 3.17. The number of amides is 1. The van der Waals surface area contributed by atoms with Crippen LogP contribution in [0.25, 0.3) is 0 Å². The average Bonchev–Trinajstić information content (AvgIpc) is 2.56. The molecule has 1 amide bonds. The van der Waals surface area contributed by atoms with E-state index in [9.17, 15) is 9.90 Å². The molecular formula is C19H23N3O2. The van der Waals surface area contributed by atoms with Crippen LogP contribution in [0.2, 0.25) is 0 Å². The maximum Gasteiger partial charge on any atom is 0.227 e. The van der Waals surface area contributed by atoms with Gasteiger partial charge in [-0.25, -0.2) is 4.98 Å². The van der Waals surface area contributed by atoms with Gasteiger partial charge in [-0.1, -0.05) is 24.3 Å². The van der Waals surface area contributed by atoms with Gasteiger partial charge < -0.3 is 14.9 Å². The second kappa shape index (κ2) is 6.91. The molecule has 5 heteroatoms. The lowest BCUT2D eigenvalue weighted by atomic mass is 10.1. The van der Waals surface area contributed by atoms with Crippen LogP contribution in [0, 0.1) is 6.92 Å². The van der Waals surface area contributed by atoms with Crippen LogP contribution in [0.3, 0.4) is 0 Å². The van der Waals surface area contributed by atoms with Crippen molar-refractivity contribution in [3.8, 4) is 5.75 Å². The number of benzene rings is 1. The van der Waals surface area contributed by atoms with Crippen molar-refractivity contribution in [3.63, 3.8) is 0 Å². The molecule has 0 spiro atoms. The molecule has 2 aromatic rings. The summed E-state index contributed by atoms with van der Waals surface area (Å²) in [6.45, 7) is 6.25. The van der Waals surface area contributed by atoms with Crippen LogP contribution in [0.5, 0.6) is 5.75 Å². The van der Waals surface area contributed by atoms with E-state index in [2.05, 4.69) is 16.8 Å². The number of pyridine rings is 1. The third-order valence-electron chi connectivity index (χ3n) is 4.48. The highest BCUT2D eigenvalue weighted by atomic mass is 16.3. The van der Waals surface area contributed by atoms with Crippen molar-refractivity contribution in [1.29, 1.82) is 0 Å². The normalized spacial score (nSPS) is 17.8. The number of aryl methyl sites for hydroxylation is 1. The maximum atomic E-state index is 12.6. The lowest BCUT2D eigenvalue weighted by Crippen LogP contribution is -2.54. The standard InChI is InChI=1S/C19H23N3O2/c1-14-6-5-9-18(20-14)21-10-11-22(15(2)13-21)19(24)12-16-7-3-4-8-17(16)23/h3-9,15,23H,10-13H2,1-2H3/t15-/m0/s1. The highest BCUT2D eigenvalue weighted by molar-refractivity contribution is 5.80. The van der Waals surface area contributed by atoms with Crippen LogP contribution in [0.15, 0.2) is 42.5 Å². The number of nitrogens with zero attached hydrogens (tertiary/aromatic N) is 3. The van der Waals surface area contributed by atoms with E-state index in [0.717, 1.165) is 24.6 Å². The third kappa shape index (κ3) is 3.50. The number of rotatable bonds is 3. The summed E-state index contributed by atoms with van der Waals surface area (Å²) in [5.41, 5.74) is 1.68. The lowest BCUT2D eigenvalue weighted by molar-refractivity contribution is -0.132. The third-order valence-corrected chi connectivity index (χ3v) is 4.48. The van der Waals surface area contributed by atoms with Gasteiger partial charge in [0.05, 0.1) is 6.42 Å². The lowest BCUT2D eigenvalue weighted by Gasteiger charge is -2.40. The van der Waals surface area contributed by atoms with Gasteiger partial charge in [0.15, 0.2) is 0 Å². The Bertz CT molecular complexity index is 732. The average molecular weight is 325 g/mol. The van der Waals surface area contributed by atoms with E-state index in [0.29, 0.717) is 12.1 Å². The number of para-hydroxylation sites is 1. The molecule has 1 aliphatic heterocycles. The minimum Gasteiger partial charge on any atom is -0.508 e. The zero-order chi connectivity index (χ0) is 17.1. The molecule has 1 saturated heterocycles. The number of piperazine rings is 1. The van der Waals surface area contributed by atoms with Crippen molar-refractivity contribution in [3.05, 3.63) is 53.7 Å². The zero-order valence-corrected chi connectivity index (χ0v) is 14.1. The minimum atomic E-state index is 0.0563. The van der Waals surface area contributed by atoms with E-state index < -0.39 is 0 Å². The van der Waals surface area contributed by atoms with Crippen LogP contribution in [-0.2, 0) is 11.2 Å². The first-order valence-electron chi connectivity index (χ1n) is 8.29. The Morgan fingerprint density at radius 2 is 2.00 bits per heavy atom. The van der Waals surface area contributed by atoms with E-state index in [4.69, 9.17) is 0 Å². The maximum absolute atomic E-state index is 12.6. The van der Waals surface area contributed by atoms with Crippen LogP contribution in [0.1, 0.15) is 18.2 Å². The molecule has 0 unspecified atom stereocenters. The number of aromatic nitrogens is 1. The summed E-state index contributed by atoms with van der Waals surface area (Å²) >= 11 is 0. The van der Waals surface area contributed by atoms with E-state index in [-0.39, 0.29) is 24.1 Å². The number of carbonyl (C=O) groups excluding carboxylic acids is 1. The van der Waals surface area contributed by atoms with Crippen molar-refractivity contribution < 1.29 is 9.90 Å². The van der Waals surface area contributed by atoms with Crippen molar-refractivity contribution >= 4 is 11.7 Å². The van der Waals surface area contributed by atoms with Gasteiger partial charge in [-0.05, 0) is 32.0 Å². The molecule has 1 N–H and O–H groups in total. The number of hydrogen-bond donors (Lipinski definition) is 1. The van der Waals surface area contributed by atoms with Crippen LogP contribution in [0.4, 0.5) is 5.82 Å². The molecule has 0 aliphatic carbocycles. The molecule has 1 aliphatic rings. The Morgan fingerprint density at radius 1 is 1.21 bits per heavy atom. The van der Waals surface area contributed by atoms with Crippen molar-refractivity contribution in [1.82, 2.24) is 9.88 Å². The van der Waals surface area contributed by atoms with Gasteiger partial charge in [-0.3, -0.25) is 4.79 Å². The monoisotopic (exact) mass is 325 g/mol. The zero-order valence-electron chi connectivity index (χ0n) is 14.1. The molecule has 3 rings (SSSR count). The fraction of sp³-hybridized carbons (Fsp3) is 0.368. The van der Waals surface area contributed by atoms with E-state index in [1.54, 1.807) is 18.2 Å². The van der Waals surface area contributed by atoms with Gasteiger partial charge >= 0.3 is 0 Å². The van der Waals surface area contributed by atoms with E-state index in [1.165, 1.54) is 0 Å². The smallest absolute Gasteiger partial charge is 0.227 e. The molecule has 1 aromatic carbocycles. The molecular weight excluding hydrogens is 302 g/mol. The Hall–Kier alpha value is -2.56. The van der Waals surface area contributed by atoms with E-state index >= 15 is 0 Å². The molecule has 2 heterocycles.